The fourth-order valence-electron chi connectivity index (χ4n) is 3.99. The van der Waals surface area contributed by atoms with Crippen molar-refractivity contribution in [3.05, 3.63) is 87.2 Å². The zero-order valence-corrected chi connectivity index (χ0v) is 20.5. The quantitative estimate of drug-likeness (QED) is 0.438. The molecule has 0 aliphatic carbocycles. The Balaban J connectivity index is 1.92. The van der Waals surface area contributed by atoms with E-state index in [2.05, 4.69) is 5.32 Å². The number of nitrogens with zero attached hydrogens (tertiary/aromatic N) is 3. The number of nitrogens with one attached hydrogen (secondary N) is 1. The summed E-state index contributed by atoms with van der Waals surface area (Å²) in [6.07, 6.45) is 2.99. The lowest BCUT2D eigenvalue weighted by Crippen LogP contribution is -2.38. The Hall–Kier alpha value is -3.59. The van der Waals surface area contributed by atoms with Gasteiger partial charge in [0.25, 0.3) is 5.56 Å². The largest absolute Gasteiger partial charge is 0.341 e. The van der Waals surface area contributed by atoms with Crippen LogP contribution in [0, 0.1) is 5.92 Å². The van der Waals surface area contributed by atoms with Gasteiger partial charge in [0, 0.05) is 38.3 Å². The van der Waals surface area contributed by atoms with Crippen LogP contribution < -0.4 is 16.6 Å². The Morgan fingerprint density at radius 3 is 2.21 bits per heavy atom. The number of sulfone groups is 1. The van der Waals surface area contributed by atoms with Crippen molar-refractivity contribution < 1.29 is 8.42 Å². The van der Waals surface area contributed by atoms with E-state index in [0.717, 1.165) is 15.8 Å². The maximum absolute atomic E-state index is 13.2. The fraction of sp³-hybridized carbons (Fsp3) is 0.280. The standard InChI is InChI=1S/C25H28N4O4S/c1-17(2)14-29-21-16-28(15-18-10-12-20(13-11-18)34(4,32)33)23(26-19-8-6-5-7-9-19)22(21)24(30)27(3)25(29)31/h5-13,16-17,26H,14-15H2,1-4H3. The van der Waals surface area contributed by atoms with E-state index in [1.165, 1.54) is 13.3 Å². The summed E-state index contributed by atoms with van der Waals surface area (Å²) in [5, 5.41) is 3.79. The maximum atomic E-state index is 13.2. The molecule has 0 radical (unpaired) electrons. The van der Waals surface area contributed by atoms with Gasteiger partial charge < -0.3 is 9.88 Å². The lowest BCUT2D eigenvalue weighted by Gasteiger charge is -2.13. The van der Waals surface area contributed by atoms with Crippen LogP contribution in [0.5, 0.6) is 0 Å². The summed E-state index contributed by atoms with van der Waals surface area (Å²) >= 11 is 0. The van der Waals surface area contributed by atoms with E-state index in [4.69, 9.17) is 0 Å². The SMILES string of the molecule is CC(C)Cn1c(=O)n(C)c(=O)c2c(Nc3ccccc3)n(Cc3ccc(S(C)(=O)=O)cc3)cc21. The average molecular weight is 481 g/mol. The molecule has 8 nitrogen and oxygen atoms in total. The second kappa shape index (κ2) is 8.98. The topological polar surface area (TPSA) is 95.1 Å². The molecule has 0 bridgehead atoms. The average Bonchev–Trinajstić information content (AvgIpc) is 3.13. The Kier molecular flexibility index (Phi) is 6.22. The monoisotopic (exact) mass is 480 g/mol. The van der Waals surface area contributed by atoms with Gasteiger partial charge in [-0.05, 0) is 35.7 Å². The van der Waals surface area contributed by atoms with E-state index in [-0.39, 0.29) is 22.1 Å². The Bertz CT molecular complexity index is 1560. The smallest absolute Gasteiger partial charge is 0.331 e. The number of hydrogen-bond donors (Lipinski definition) is 1. The van der Waals surface area contributed by atoms with Gasteiger partial charge in [-0.1, -0.05) is 44.2 Å². The third-order valence-electron chi connectivity index (χ3n) is 5.67. The maximum Gasteiger partial charge on any atom is 0.331 e. The summed E-state index contributed by atoms with van der Waals surface area (Å²) in [6, 6.07) is 16.2. The van der Waals surface area contributed by atoms with Gasteiger partial charge in [0.15, 0.2) is 9.84 Å². The van der Waals surface area contributed by atoms with Crippen molar-refractivity contribution >= 4 is 32.2 Å². The summed E-state index contributed by atoms with van der Waals surface area (Å²) < 4.78 is 28.3. The second-order valence-corrected chi connectivity index (χ2v) is 10.9. The molecule has 0 saturated heterocycles. The lowest BCUT2D eigenvalue weighted by atomic mass is 10.2. The van der Waals surface area contributed by atoms with Gasteiger partial charge >= 0.3 is 5.69 Å². The first-order valence-corrected chi connectivity index (χ1v) is 12.9. The van der Waals surface area contributed by atoms with Crippen molar-refractivity contribution in [2.45, 2.75) is 31.8 Å². The van der Waals surface area contributed by atoms with Gasteiger partial charge in [0.1, 0.15) is 11.2 Å². The number of rotatable bonds is 7. The molecule has 1 N–H and O–H groups in total. The van der Waals surface area contributed by atoms with E-state index in [1.807, 2.05) is 54.9 Å². The van der Waals surface area contributed by atoms with E-state index in [0.29, 0.717) is 29.8 Å². The van der Waals surface area contributed by atoms with E-state index >= 15 is 0 Å². The molecule has 0 saturated carbocycles. The van der Waals surface area contributed by atoms with Crippen LogP contribution in [-0.2, 0) is 30.0 Å². The van der Waals surface area contributed by atoms with Crippen molar-refractivity contribution in [3.8, 4) is 0 Å². The number of benzene rings is 2. The first-order chi connectivity index (χ1) is 16.1. The zero-order chi connectivity index (χ0) is 24.6. The van der Waals surface area contributed by atoms with Crippen LogP contribution in [0.3, 0.4) is 0 Å². The minimum atomic E-state index is -3.30. The van der Waals surface area contributed by atoms with Gasteiger partial charge in [0.05, 0.1) is 10.4 Å². The van der Waals surface area contributed by atoms with Crippen LogP contribution in [0.15, 0.2) is 75.3 Å². The molecule has 178 valence electrons. The highest BCUT2D eigenvalue weighted by Crippen LogP contribution is 2.27. The van der Waals surface area contributed by atoms with Crippen molar-refractivity contribution in [2.24, 2.45) is 13.0 Å². The number of para-hydroxylation sites is 1. The molecule has 0 aliphatic rings. The second-order valence-electron chi connectivity index (χ2n) is 8.92. The molecule has 0 fully saturated rings. The highest BCUT2D eigenvalue weighted by Gasteiger charge is 2.20. The predicted molar refractivity (Wildman–Crippen MR) is 135 cm³/mol. The molecule has 4 rings (SSSR count). The summed E-state index contributed by atoms with van der Waals surface area (Å²) in [5.74, 6) is 0.780. The molecular formula is C25H28N4O4S. The zero-order valence-electron chi connectivity index (χ0n) is 19.6. The molecule has 2 heterocycles. The van der Waals surface area contributed by atoms with E-state index in [9.17, 15) is 18.0 Å². The Labute approximate surface area is 198 Å². The van der Waals surface area contributed by atoms with Crippen molar-refractivity contribution in [1.82, 2.24) is 13.7 Å². The molecule has 9 heteroatoms. The van der Waals surface area contributed by atoms with Gasteiger partial charge in [-0.3, -0.25) is 13.9 Å². The Morgan fingerprint density at radius 2 is 1.62 bits per heavy atom. The molecule has 0 aliphatic heterocycles. The normalized spacial score (nSPS) is 11.9. The predicted octanol–water partition coefficient (Wildman–Crippen LogP) is 3.35. The number of hydrogen-bond acceptors (Lipinski definition) is 5. The van der Waals surface area contributed by atoms with Crippen molar-refractivity contribution in [3.63, 3.8) is 0 Å². The lowest BCUT2D eigenvalue weighted by molar-refractivity contribution is 0.502. The third kappa shape index (κ3) is 4.56. The molecular weight excluding hydrogens is 452 g/mol. The number of fused-ring (bicyclic) bond motifs is 1. The van der Waals surface area contributed by atoms with E-state index in [1.54, 1.807) is 28.8 Å². The van der Waals surface area contributed by atoms with Crippen molar-refractivity contribution in [2.75, 3.05) is 11.6 Å². The van der Waals surface area contributed by atoms with Gasteiger partial charge in [-0.25, -0.2) is 13.2 Å². The number of aromatic nitrogens is 3. The van der Waals surface area contributed by atoms with Gasteiger partial charge in [-0.15, -0.1) is 0 Å². The molecule has 0 amide bonds. The van der Waals surface area contributed by atoms with Crippen molar-refractivity contribution in [1.29, 1.82) is 0 Å². The molecule has 0 unspecified atom stereocenters. The van der Waals surface area contributed by atoms with Crippen LogP contribution >= 0.6 is 0 Å². The molecule has 0 atom stereocenters. The molecule has 2 aromatic carbocycles. The van der Waals surface area contributed by atoms with Crippen LogP contribution in [0.2, 0.25) is 0 Å². The highest BCUT2D eigenvalue weighted by molar-refractivity contribution is 7.90. The Morgan fingerprint density at radius 1 is 0.971 bits per heavy atom. The summed E-state index contributed by atoms with van der Waals surface area (Å²) in [6.45, 7) is 4.90. The van der Waals surface area contributed by atoms with Gasteiger partial charge in [-0.2, -0.15) is 0 Å². The molecule has 2 aromatic heterocycles. The molecule has 0 spiro atoms. The summed E-state index contributed by atoms with van der Waals surface area (Å²) in [5.41, 5.74) is 1.50. The summed E-state index contributed by atoms with van der Waals surface area (Å²) in [4.78, 5) is 26.4. The summed E-state index contributed by atoms with van der Waals surface area (Å²) in [7, 11) is -1.80. The minimum Gasteiger partial charge on any atom is -0.341 e. The first-order valence-electron chi connectivity index (χ1n) is 11.0. The van der Waals surface area contributed by atoms with Gasteiger partial charge in [0.2, 0.25) is 0 Å². The van der Waals surface area contributed by atoms with E-state index < -0.39 is 9.84 Å². The van der Waals surface area contributed by atoms with Crippen LogP contribution in [0.1, 0.15) is 19.4 Å². The molecule has 34 heavy (non-hydrogen) atoms. The number of anilines is 2. The van der Waals surface area contributed by atoms with Crippen LogP contribution in [0.4, 0.5) is 11.5 Å². The highest BCUT2D eigenvalue weighted by atomic mass is 32.2. The first kappa shape index (κ1) is 23.6. The van der Waals surface area contributed by atoms with Crippen LogP contribution in [0.25, 0.3) is 10.9 Å². The third-order valence-corrected chi connectivity index (χ3v) is 6.80. The fourth-order valence-corrected chi connectivity index (χ4v) is 4.62. The van der Waals surface area contributed by atoms with Crippen LogP contribution in [-0.4, -0.2) is 28.4 Å². The minimum absolute atomic E-state index is 0.204. The molecule has 4 aromatic rings.